The first-order valence-corrected chi connectivity index (χ1v) is 7.56. The van der Waals surface area contributed by atoms with Gasteiger partial charge < -0.3 is 15.5 Å². The number of rotatable bonds is 8. The lowest BCUT2D eigenvalue weighted by molar-refractivity contribution is -0.862. The van der Waals surface area contributed by atoms with Crippen molar-refractivity contribution < 1.29 is 18.9 Å². The van der Waals surface area contributed by atoms with Gasteiger partial charge in [0, 0.05) is 11.7 Å². The third kappa shape index (κ3) is 7.17. The Morgan fingerprint density at radius 2 is 1.95 bits per heavy atom. The van der Waals surface area contributed by atoms with E-state index in [0.29, 0.717) is 5.69 Å². The molecule has 3 N–H and O–H groups in total. The molecule has 122 valence electrons. The van der Waals surface area contributed by atoms with Crippen LogP contribution in [0.2, 0.25) is 0 Å². The summed E-state index contributed by atoms with van der Waals surface area (Å²) in [5, 5.41) is 5.52. The summed E-state index contributed by atoms with van der Waals surface area (Å²) in [7, 11) is 1.77. The Hall–Kier alpha value is -1.95. The monoisotopic (exact) mass is 310 g/mol. The lowest BCUT2D eigenvalue weighted by Gasteiger charge is -2.16. The van der Waals surface area contributed by atoms with Crippen molar-refractivity contribution in [2.75, 3.05) is 25.5 Å². The molecule has 1 unspecified atom stereocenters. The first kappa shape index (κ1) is 18.1. The summed E-state index contributed by atoms with van der Waals surface area (Å²) in [6.07, 6.45) is 1.95. The van der Waals surface area contributed by atoms with Crippen LogP contribution in [0.3, 0.4) is 0 Å². The summed E-state index contributed by atoms with van der Waals surface area (Å²) in [6, 6.07) is 5.87. The molecule has 0 aliphatic heterocycles. The Morgan fingerprint density at radius 1 is 1.27 bits per heavy atom. The number of hydrogen-bond acceptors (Lipinski definition) is 2. The van der Waals surface area contributed by atoms with Crippen molar-refractivity contribution in [1.82, 2.24) is 5.32 Å². The van der Waals surface area contributed by atoms with Gasteiger partial charge in [-0.3, -0.25) is 9.59 Å². The van der Waals surface area contributed by atoms with Crippen LogP contribution >= 0.6 is 0 Å². The third-order valence-electron chi connectivity index (χ3n) is 3.16. The van der Waals surface area contributed by atoms with E-state index in [1.54, 1.807) is 13.1 Å². The van der Waals surface area contributed by atoms with Crippen molar-refractivity contribution in [2.45, 2.75) is 32.7 Å². The predicted octanol–water partition coefficient (Wildman–Crippen LogP) is 0.584. The van der Waals surface area contributed by atoms with Gasteiger partial charge in [0.25, 0.3) is 11.8 Å². The minimum atomic E-state index is -0.400. The summed E-state index contributed by atoms with van der Waals surface area (Å²) in [6.45, 7) is 4.40. The number of anilines is 1. The Kier molecular flexibility index (Phi) is 7.52. The SMILES string of the molecule is CCC[C@@H](C)NC(=O)C[NH+](C)CC(=O)Nc1cccc(F)c1. The average Bonchev–Trinajstić information content (AvgIpc) is 2.37. The van der Waals surface area contributed by atoms with Crippen LogP contribution in [0.4, 0.5) is 10.1 Å². The standard InChI is InChI=1S/C16H24FN3O2/c1-4-6-12(2)18-15(21)10-20(3)11-16(22)19-14-8-5-7-13(17)9-14/h5,7-9,12H,4,6,10-11H2,1-3H3,(H,18,21)(H,19,22)/p+1/t12-/m1/s1. The van der Waals surface area contributed by atoms with Gasteiger partial charge in [-0.15, -0.1) is 0 Å². The van der Waals surface area contributed by atoms with Crippen LogP contribution in [0.25, 0.3) is 0 Å². The summed E-state index contributed by atoms with van der Waals surface area (Å²) in [5.74, 6) is -0.725. The van der Waals surface area contributed by atoms with Gasteiger partial charge >= 0.3 is 0 Å². The summed E-state index contributed by atoms with van der Waals surface area (Å²) in [5.41, 5.74) is 0.416. The zero-order chi connectivity index (χ0) is 16.5. The van der Waals surface area contributed by atoms with Crippen molar-refractivity contribution in [3.63, 3.8) is 0 Å². The fraction of sp³-hybridized carbons (Fsp3) is 0.500. The second-order valence-electron chi connectivity index (χ2n) is 5.63. The van der Waals surface area contributed by atoms with Crippen molar-refractivity contribution in [2.24, 2.45) is 0 Å². The first-order valence-electron chi connectivity index (χ1n) is 7.56. The molecule has 5 nitrogen and oxygen atoms in total. The van der Waals surface area contributed by atoms with E-state index >= 15 is 0 Å². The fourth-order valence-electron chi connectivity index (χ4n) is 2.21. The molecule has 0 spiro atoms. The normalized spacial score (nSPS) is 13.3. The molecule has 22 heavy (non-hydrogen) atoms. The van der Waals surface area contributed by atoms with Crippen LogP contribution in [0.5, 0.6) is 0 Å². The maximum Gasteiger partial charge on any atom is 0.279 e. The Labute approximate surface area is 130 Å². The largest absolute Gasteiger partial charge is 0.349 e. The van der Waals surface area contributed by atoms with Crippen LogP contribution in [0.1, 0.15) is 26.7 Å². The van der Waals surface area contributed by atoms with Gasteiger partial charge in [-0.25, -0.2) is 4.39 Å². The van der Waals surface area contributed by atoms with E-state index in [1.165, 1.54) is 18.2 Å². The molecule has 2 amide bonds. The van der Waals surface area contributed by atoms with Crippen LogP contribution in [0.15, 0.2) is 24.3 Å². The number of amides is 2. The maximum atomic E-state index is 13.0. The molecule has 0 saturated carbocycles. The molecule has 0 aliphatic rings. The molecule has 0 fully saturated rings. The lowest BCUT2D eigenvalue weighted by atomic mass is 10.2. The van der Waals surface area contributed by atoms with Crippen LogP contribution in [-0.2, 0) is 9.59 Å². The number of nitrogens with one attached hydrogen (secondary N) is 3. The van der Waals surface area contributed by atoms with Crippen molar-refractivity contribution >= 4 is 17.5 Å². The number of quaternary nitrogens is 1. The van der Waals surface area contributed by atoms with Gasteiger partial charge in [-0.1, -0.05) is 19.4 Å². The molecule has 1 rings (SSSR count). The maximum absolute atomic E-state index is 13.0. The van der Waals surface area contributed by atoms with Crippen LogP contribution < -0.4 is 15.5 Å². The number of halogens is 1. The Bertz CT molecular complexity index is 508. The molecule has 6 heteroatoms. The second-order valence-corrected chi connectivity index (χ2v) is 5.63. The molecular formula is C16H25FN3O2+. The van der Waals surface area contributed by atoms with Crippen molar-refractivity contribution in [3.05, 3.63) is 30.1 Å². The lowest BCUT2D eigenvalue weighted by Crippen LogP contribution is -3.11. The van der Waals surface area contributed by atoms with Crippen molar-refractivity contribution in [3.8, 4) is 0 Å². The predicted molar refractivity (Wildman–Crippen MR) is 84.2 cm³/mol. The Balaban J connectivity index is 2.36. The van der Waals surface area contributed by atoms with Gasteiger partial charge in [-0.2, -0.15) is 0 Å². The van der Waals surface area contributed by atoms with Crippen molar-refractivity contribution in [1.29, 1.82) is 0 Å². The molecule has 0 aliphatic carbocycles. The van der Waals surface area contributed by atoms with Gasteiger partial charge in [0.1, 0.15) is 5.82 Å². The zero-order valence-corrected chi connectivity index (χ0v) is 13.4. The molecule has 0 radical (unpaired) electrons. The first-order chi connectivity index (χ1) is 10.4. The van der Waals surface area contributed by atoms with Gasteiger partial charge in [0.15, 0.2) is 13.1 Å². The molecule has 1 aromatic carbocycles. The number of benzene rings is 1. The van der Waals surface area contributed by atoms with Gasteiger partial charge in [-0.05, 0) is 31.5 Å². The number of hydrogen-bond donors (Lipinski definition) is 3. The summed E-state index contributed by atoms with van der Waals surface area (Å²) >= 11 is 0. The minimum absolute atomic E-state index is 0.0722. The molecule has 0 heterocycles. The van der Waals surface area contributed by atoms with Gasteiger partial charge in [0.2, 0.25) is 0 Å². The van der Waals surface area contributed by atoms with E-state index in [2.05, 4.69) is 17.6 Å². The molecule has 0 bridgehead atoms. The minimum Gasteiger partial charge on any atom is -0.349 e. The number of likely N-dealkylation sites (N-methyl/N-ethyl adjacent to an activating group) is 1. The quantitative estimate of drug-likeness (QED) is 0.658. The van der Waals surface area contributed by atoms with E-state index in [1.807, 2.05) is 6.92 Å². The highest BCUT2D eigenvalue weighted by Gasteiger charge is 2.15. The highest BCUT2D eigenvalue weighted by molar-refractivity contribution is 5.91. The van der Waals surface area contributed by atoms with Gasteiger partial charge in [0.05, 0.1) is 7.05 Å². The molecule has 1 aromatic rings. The van der Waals surface area contributed by atoms with Crippen LogP contribution in [0, 0.1) is 5.82 Å². The third-order valence-corrected chi connectivity index (χ3v) is 3.16. The molecular weight excluding hydrogens is 285 g/mol. The Morgan fingerprint density at radius 3 is 2.59 bits per heavy atom. The number of carbonyl (C=O) groups excluding carboxylic acids is 2. The molecule has 0 saturated heterocycles. The van der Waals surface area contributed by atoms with E-state index in [0.717, 1.165) is 17.7 Å². The topological polar surface area (TPSA) is 62.6 Å². The van der Waals surface area contributed by atoms with E-state index in [9.17, 15) is 14.0 Å². The summed E-state index contributed by atoms with van der Waals surface area (Å²) in [4.78, 5) is 24.4. The van der Waals surface area contributed by atoms with E-state index < -0.39 is 5.82 Å². The van der Waals surface area contributed by atoms with Crippen LogP contribution in [-0.4, -0.2) is 38.0 Å². The van der Waals surface area contributed by atoms with E-state index in [4.69, 9.17) is 0 Å². The average molecular weight is 310 g/mol. The highest BCUT2D eigenvalue weighted by Crippen LogP contribution is 2.08. The molecule has 0 aromatic heterocycles. The molecule has 2 atom stereocenters. The summed E-state index contributed by atoms with van der Waals surface area (Å²) < 4.78 is 13.0. The second kappa shape index (κ2) is 9.15. The van der Waals surface area contributed by atoms with E-state index in [-0.39, 0.29) is 30.9 Å². The fourth-order valence-corrected chi connectivity index (χ4v) is 2.21. The number of carbonyl (C=O) groups is 2. The smallest absolute Gasteiger partial charge is 0.279 e. The zero-order valence-electron chi connectivity index (χ0n) is 13.4. The highest BCUT2D eigenvalue weighted by atomic mass is 19.1.